The van der Waals surface area contributed by atoms with Crippen molar-refractivity contribution in [3.05, 3.63) is 24.3 Å². The van der Waals surface area contributed by atoms with Crippen molar-refractivity contribution in [3.8, 4) is 5.75 Å². The molecular formula is C16H26N2O. The predicted octanol–water partition coefficient (Wildman–Crippen LogP) is 2.91. The van der Waals surface area contributed by atoms with Crippen molar-refractivity contribution in [2.45, 2.75) is 26.7 Å². The van der Waals surface area contributed by atoms with Crippen LogP contribution in [-0.4, -0.2) is 32.8 Å². The molecule has 1 atom stereocenters. The second kappa shape index (κ2) is 7.39. The number of anilines is 1. The van der Waals surface area contributed by atoms with Crippen molar-refractivity contribution in [1.29, 1.82) is 0 Å². The van der Waals surface area contributed by atoms with Crippen LogP contribution in [0.15, 0.2) is 24.3 Å². The summed E-state index contributed by atoms with van der Waals surface area (Å²) in [7, 11) is 0. The van der Waals surface area contributed by atoms with Crippen LogP contribution in [0, 0.1) is 5.92 Å². The van der Waals surface area contributed by atoms with Crippen LogP contribution in [0.3, 0.4) is 0 Å². The molecule has 3 nitrogen and oxygen atoms in total. The Morgan fingerprint density at radius 2 is 2.16 bits per heavy atom. The number of benzene rings is 1. The van der Waals surface area contributed by atoms with Gasteiger partial charge in [-0.3, -0.25) is 0 Å². The molecule has 1 heterocycles. The molecular weight excluding hydrogens is 236 g/mol. The first-order valence-electron chi connectivity index (χ1n) is 7.52. The van der Waals surface area contributed by atoms with Crippen molar-refractivity contribution in [2.24, 2.45) is 5.92 Å². The molecule has 0 aromatic heterocycles. The number of hydrogen-bond acceptors (Lipinski definition) is 3. The van der Waals surface area contributed by atoms with E-state index in [-0.39, 0.29) is 0 Å². The summed E-state index contributed by atoms with van der Waals surface area (Å²) < 4.78 is 5.96. The Hall–Kier alpha value is -1.22. The smallest absolute Gasteiger partial charge is 0.121 e. The lowest BCUT2D eigenvalue weighted by Gasteiger charge is -2.24. The maximum atomic E-state index is 5.96. The standard InChI is InChI=1S/C16H26N2O/c1-3-18(4-2)15-8-5-9-16(11-15)19-13-14-7-6-10-17-12-14/h5,8-9,11,14,17H,3-4,6-7,10,12-13H2,1-2H3. The first kappa shape index (κ1) is 14.2. The molecule has 1 unspecified atom stereocenters. The van der Waals surface area contributed by atoms with E-state index >= 15 is 0 Å². The van der Waals surface area contributed by atoms with E-state index in [0.717, 1.165) is 38.5 Å². The van der Waals surface area contributed by atoms with Gasteiger partial charge in [-0.25, -0.2) is 0 Å². The summed E-state index contributed by atoms with van der Waals surface area (Å²) in [5.74, 6) is 1.65. The molecule has 0 amide bonds. The number of nitrogens with one attached hydrogen (secondary N) is 1. The van der Waals surface area contributed by atoms with E-state index in [9.17, 15) is 0 Å². The van der Waals surface area contributed by atoms with Gasteiger partial charge in [0.05, 0.1) is 6.61 Å². The zero-order valence-corrected chi connectivity index (χ0v) is 12.2. The minimum atomic E-state index is 0.658. The van der Waals surface area contributed by atoms with E-state index in [1.807, 2.05) is 0 Å². The van der Waals surface area contributed by atoms with E-state index in [0.29, 0.717) is 5.92 Å². The summed E-state index contributed by atoms with van der Waals surface area (Å²) in [5, 5.41) is 3.43. The van der Waals surface area contributed by atoms with Gasteiger partial charge in [0.25, 0.3) is 0 Å². The highest BCUT2D eigenvalue weighted by atomic mass is 16.5. The third kappa shape index (κ3) is 4.13. The average molecular weight is 262 g/mol. The van der Waals surface area contributed by atoms with Crippen LogP contribution >= 0.6 is 0 Å². The molecule has 0 aliphatic carbocycles. The normalized spacial score (nSPS) is 19.2. The van der Waals surface area contributed by atoms with Gasteiger partial charge in [-0.1, -0.05) is 6.07 Å². The molecule has 19 heavy (non-hydrogen) atoms. The molecule has 1 aromatic carbocycles. The number of ether oxygens (including phenoxy) is 1. The van der Waals surface area contributed by atoms with Gasteiger partial charge in [0.15, 0.2) is 0 Å². The first-order valence-corrected chi connectivity index (χ1v) is 7.52. The predicted molar refractivity (Wildman–Crippen MR) is 81.1 cm³/mol. The SMILES string of the molecule is CCN(CC)c1cccc(OCC2CCCNC2)c1. The van der Waals surface area contributed by atoms with Crippen LogP contribution < -0.4 is 15.0 Å². The minimum absolute atomic E-state index is 0.658. The Balaban J connectivity index is 1.90. The lowest BCUT2D eigenvalue weighted by molar-refractivity contribution is 0.218. The molecule has 1 aliphatic heterocycles. The molecule has 0 saturated carbocycles. The zero-order valence-electron chi connectivity index (χ0n) is 12.2. The maximum Gasteiger partial charge on any atom is 0.121 e. The number of nitrogens with zero attached hydrogens (tertiary/aromatic N) is 1. The lowest BCUT2D eigenvalue weighted by Crippen LogP contribution is -2.33. The van der Waals surface area contributed by atoms with Gasteiger partial charge >= 0.3 is 0 Å². The van der Waals surface area contributed by atoms with Crippen molar-refractivity contribution in [2.75, 3.05) is 37.7 Å². The average Bonchev–Trinajstić information content (AvgIpc) is 2.48. The van der Waals surface area contributed by atoms with E-state index in [4.69, 9.17) is 4.74 Å². The summed E-state index contributed by atoms with van der Waals surface area (Å²) in [5.41, 5.74) is 1.25. The largest absolute Gasteiger partial charge is 0.493 e. The summed E-state index contributed by atoms with van der Waals surface area (Å²) in [6, 6.07) is 8.46. The van der Waals surface area contributed by atoms with Crippen LogP contribution in [-0.2, 0) is 0 Å². The van der Waals surface area contributed by atoms with Gasteiger partial charge < -0.3 is 15.0 Å². The first-order chi connectivity index (χ1) is 9.33. The molecule has 0 spiro atoms. The van der Waals surface area contributed by atoms with Gasteiger partial charge in [-0.05, 0) is 45.4 Å². The summed E-state index contributed by atoms with van der Waals surface area (Å²) in [4.78, 5) is 2.34. The summed E-state index contributed by atoms with van der Waals surface area (Å²) in [6.07, 6.45) is 2.55. The maximum absolute atomic E-state index is 5.96. The van der Waals surface area contributed by atoms with E-state index in [2.05, 4.69) is 48.3 Å². The van der Waals surface area contributed by atoms with Crippen molar-refractivity contribution in [1.82, 2.24) is 5.32 Å². The van der Waals surface area contributed by atoms with Gasteiger partial charge in [0.1, 0.15) is 5.75 Å². The monoisotopic (exact) mass is 262 g/mol. The summed E-state index contributed by atoms with van der Waals surface area (Å²) >= 11 is 0. The number of hydrogen-bond donors (Lipinski definition) is 1. The fourth-order valence-corrected chi connectivity index (χ4v) is 2.64. The Kier molecular flexibility index (Phi) is 5.52. The van der Waals surface area contributed by atoms with E-state index in [1.54, 1.807) is 0 Å². The molecule has 1 fully saturated rings. The molecule has 1 N–H and O–H groups in total. The summed E-state index contributed by atoms with van der Waals surface area (Å²) in [6.45, 7) is 9.52. The molecule has 0 radical (unpaired) electrons. The molecule has 1 aliphatic rings. The fourth-order valence-electron chi connectivity index (χ4n) is 2.64. The Bertz CT molecular complexity index is 371. The molecule has 2 rings (SSSR count). The topological polar surface area (TPSA) is 24.5 Å². The molecule has 0 bridgehead atoms. The van der Waals surface area contributed by atoms with Gasteiger partial charge in [0.2, 0.25) is 0 Å². The van der Waals surface area contributed by atoms with Crippen molar-refractivity contribution < 1.29 is 4.74 Å². The van der Waals surface area contributed by atoms with Crippen LogP contribution in [0.2, 0.25) is 0 Å². The van der Waals surface area contributed by atoms with E-state index in [1.165, 1.54) is 18.5 Å². The lowest BCUT2D eigenvalue weighted by atomic mass is 10.0. The highest BCUT2D eigenvalue weighted by Crippen LogP contribution is 2.22. The van der Waals surface area contributed by atoms with Gasteiger partial charge in [-0.15, -0.1) is 0 Å². The Morgan fingerprint density at radius 3 is 2.84 bits per heavy atom. The Labute approximate surface area is 116 Å². The number of rotatable bonds is 6. The zero-order chi connectivity index (χ0) is 13.5. The third-order valence-corrected chi connectivity index (χ3v) is 3.83. The minimum Gasteiger partial charge on any atom is -0.493 e. The van der Waals surface area contributed by atoms with E-state index < -0.39 is 0 Å². The second-order valence-electron chi connectivity index (χ2n) is 5.19. The quantitative estimate of drug-likeness (QED) is 0.853. The van der Waals surface area contributed by atoms with Crippen molar-refractivity contribution >= 4 is 5.69 Å². The highest BCUT2D eigenvalue weighted by molar-refractivity contribution is 5.50. The van der Waals surface area contributed by atoms with Crippen LogP contribution in [0.25, 0.3) is 0 Å². The third-order valence-electron chi connectivity index (χ3n) is 3.83. The fraction of sp³-hybridized carbons (Fsp3) is 0.625. The van der Waals surface area contributed by atoms with Crippen LogP contribution in [0.4, 0.5) is 5.69 Å². The molecule has 3 heteroatoms. The number of piperidine rings is 1. The molecule has 1 aromatic rings. The van der Waals surface area contributed by atoms with Crippen LogP contribution in [0.1, 0.15) is 26.7 Å². The van der Waals surface area contributed by atoms with Crippen LogP contribution in [0.5, 0.6) is 5.75 Å². The second-order valence-corrected chi connectivity index (χ2v) is 5.19. The van der Waals surface area contributed by atoms with Gasteiger partial charge in [0, 0.05) is 37.3 Å². The van der Waals surface area contributed by atoms with Gasteiger partial charge in [-0.2, -0.15) is 0 Å². The molecule has 106 valence electrons. The Morgan fingerprint density at radius 1 is 1.32 bits per heavy atom. The molecule has 1 saturated heterocycles. The highest BCUT2D eigenvalue weighted by Gasteiger charge is 2.13. The van der Waals surface area contributed by atoms with Crippen molar-refractivity contribution in [3.63, 3.8) is 0 Å².